The highest BCUT2D eigenvalue weighted by Crippen LogP contribution is 2.71. The van der Waals surface area contributed by atoms with Crippen molar-refractivity contribution in [1.29, 1.82) is 0 Å². The van der Waals surface area contributed by atoms with Crippen LogP contribution in [0.15, 0.2) is 46.6 Å². The zero-order valence-electron chi connectivity index (χ0n) is 19.7. The number of ether oxygens (including phenoxy) is 1. The Morgan fingerprint density at radius 3 is 2.60 bits per heavy atom. The Labute approximate surface area is 207 Å². The molecule has 4 aliphatic carbocycles. The van der Waals surface area contributed by atoms with Crippen LogP contribution in [-0.2, 0) is 14.3 Å². The van der Waals surface area contributed by atoms with Gasteiger partial charge in [-0.15, -0.1) is 12.6 Å². The van der Waals surface area contributed by atoms with E-state index in [-0.39, 0.29) is 30.6 Å². The summed E-state index contributed by atoms with van der Waals surface area (Å²) in [4.78, 5) is 38.0. The van der Waals surface area contributed by atoms with Crippen molar-refractivity contribution in [1.82, 2.24) is 0 Å². The van der Waals surface area contributed by atoms with E-state index in [4.69, 9.17) is 9.15 Å². The molecule has 0 aliphatic heterocycles. The number of hydrogen-bond donors (Lipinski definition) is 2. The highest BCUT2D eigenvalue weighted by molar-refractivity contribution is 7.96. The second-order valence-electron chi connectivity index (χ2n) is 10.9. The van der Waals surface area contributed by atoms with Crippen LogP contribution in [-0.4, -0.2) is 45.5 Å². The summed E-state index contributed by atoms with van der Waals surface area (Å²) in [5.74, 6) is -3.57. The molecule has 1 heterocycles. The number of ketones is 1. The molecule has 9 atom stereocenters. The van der Waals surface area contributed by atoms with Gasteiger partial charge in [-0.1, -0.05) is 19.9 Å². The first-order valence-corrected chi connectivity index (χ1v) is 12.2. The van der Waals surface area contributed by atoms with Gasteiger partial charge in [0.1, 0.15) is 6.17 Å². The number of carbonyl (C=O) groups is 3. The van der Waals surface area contributed by atoms with Gasteiger partial charge in [0.15, 0.2) is 17.1 Å². The lowest BCUT2D eigenvalue weighted by Gasteiger charge is -2.63. The van der Waals surface area contributed by atoms with Crippen molar-refractivity contribution in [2.45, 2.75) is 63.6 Å². The molecule has 5 rings (SSSR count). The molecule has 0 radical (unpaired) electrons. The zero-order valence-corrected chi connectivity index (χ0v) is 20.6. The van der Waals surface area contributed by atoms with Crippen molar-refractivity contribution in [3.8, 4) is 0 Å². The summed E-state index contributed by atoms with van der Waals surface area (Å²) in [6.07, 6.45) is 1.58. The van der Waals surface area contributed by atoms with Gasteiger partial charge in [-0.3, -0.25) is 9.59 Å². The Kier molecular flexibility index (Phi) is 5.32. The zero-order chi connectivity index (χ0) is 25.6. The lowest BCUT2D eigenvalue weighted by atomic mass is 9.44. The lowest BCUT2D eigenvalue weighted by Crippen LogP contribution is -2.70. The summed E-state index contributed by atoms with van der Waals surface area (Å²) in [7, 11) is 0. The predicted molar refractivity (Wildman–Crippen MR) is 124 cm³/mol. The highest BCUT2D eigenvalue weighted by atomic mass is 32.1. The Morgan fingerprint density at radius 2 is 1.97 bits per heavy atom. The highest BCUT2D eigenvalue weighted by Gasteiger charge is 2.78. The molecule has 0 aromatic carbocycles. The fourth-order valence-electron chi connectivity index (χ4n) is 7.83. The van der Waals surface area contributed by atoms with Gasteiger partial charge in [0.25, 0.3) is 0 Å². The van der Waals surface area contributed by atoms with Crippen molar-refractivity contribution >= 4 is 29.5 Å². The number of thiol groups is 1. The number of furan rings is 1. The number of aliphatic hydroxyl groups excluding tert-OH is 1. The van der Waals surface area contributed by atoms with Crippen LogP contribution in [0.5, 0.6) is 0 Å². The van der Waals surface area contributed by atoms with Gasteiger partial charge >= 0.3 is 5.97 Å². The van der Waals surface area contributed by atoms with Crippen LogP contribution >= 0.6 is 12.6 Å². The number of hydrogen-bond acceptors (Lipinski definition) is 6. The minimum atomic E-state index is -2.29. The minimum Gasteiger partial charge on any atom is -0.457 e. The number of halogens is 2. The minimum absolute atomic E-state index is 0.0261. The molecule has 4 aliphatic rings. The molecule has 4 unspecified atom stereocenters. The Morgan fingerprint density at radius 1 is 1.26 bits per heavy atom. The Balaban J connectivity index is 1.62. The van der Waals surface area contributed by atoms with E-state index in [1.807, 2.05) is 0 Å². The normalized spacial score (nSPS) is 46.3. The number of esters is 1. The van der Waals surface area contributed by atoms with Gasteiger partial charge < -0.3 is 14.3 Å². The summed E-state index contributed by atoms with van der Waals surface area (Å²) >= 11 is 4.11. The summed E-state index contributed by atoms with van der Waals surface area (Å²) < 4.78 is 43.8. The maximum atomic E-state index is 17.3. The van der Waals surface area contributed by atoms with Gasteiger partial charge in [0, 0.05) is 22.7 Å². The van der Waals surface area contributed by atoms with Crippen LogP contribution < -0.4 is 0 Å². The van der Waals surface area contributed by atoms with Crippen LogP contribution in [0.3, 0.4) is 0 Å². The smallest absolute Gasteiger partial charge is 0.375 e. The Bertz CT molecular complexity index is 1160. The second kappa shape index (κ2) is 7.62. The lowest BCUT2D eigenvalue weighted by molar-refractivity contribution is -0.221. The van der Waals surface area contributed by atoms with Gasteiger partial charge in [-0.2, -0.15) is 0 Å². The Hall–Kier alpha value is -2.26. The topological polar surface area (TPSA) is 93.8 Å². The van der Waals surface area contributed by atoms with E-state index in [0.29, 0.717) is 0 Å². The first-order chi connectivity index (χ1) is 16.3. The summed E-state index contributed by atoms with van der Waals surface area (Å²) in [6.45, 7) is 4.93. The maximum Gasteiger partial charge on any atom is 0.375 e. The molecule has 0 saturated heterocycles. The van der Waals surface area contributed by atoms with E-state index in [1.165, 1.54) is 37.5 Å². The van der Waals surface area contributed by atoms with Gasteiger partial charge in [-0.25, -0.2) is 13.6 Å². The van der Waals surface area contributed by atoms with Crippen LogP contribution in [0.25, 0.3) is 0 Å². The fourth-order valence-corrected chi connectivity index (χ4v) is 8.35. The molecule has 3 fully saturated rings. The van der Waals surface area contributed by atoms with Crippen LogP contribution in [0.1, 0.15) is 50.6 Å². The molecule has 35 heavy (non-hydrogen) atoms. The quantitative estimate of drug-likeness (QED) is 0.472. The molecule has 1 aromatic rings. The molecule has 0 spiro atoms. The van der Waals surface area contributed by atoms with Crippen molar-refractivity contribution in [2.24, 2.45) is 28.6 Å². The molecule has 0 bridgehead atoms. The SMILES string of the molecule is C[C@@H]1CC2C3C[C@H](F)C4=CC(=O)C=C[C@]4(C)[C@@]3(F)C(O)CC2(C)[C@@]1(OC(=O)c1ccco1)C(=O)S. The number of aliphatic hydroxyl groups is 1. The van der Waals surface area contributed by atoms with Gasteiger partial charge in [-0.05, 0) is 62.0 Å². The monoisotopic (exact) mass is 506 g/mol. The second-order valence-corrected chi connectivity index (χ2v) is 11.3. The third kappa shape index (κ3) is 2.88. The molecule has 3 saturated carbocycles. The van der Waals surface area contributed by atoms with Crippen molar-refractivity contribution in [3.63, 3.8) is 0 Å². The van der Waals surface area contributed by atoms with Gasteiger partial charge in [0.2, 0.25) is 10.9 Å². The number of rotatable bonds is 3. The van der Waals surface area contributed by atoms with Gasteiger partial charge in [0.05, 0.1) is 12.4 Å². The van der Waals surface area contributed by atoms with E-state index < -0.39 is 69.0 Å². The van der Waals surface area contributed by atoms with Crippen LogP contribution in [0, 0.1) is 28.6 Å². The van der Waals surface area contributed by atoms with E-state index in [0.717, 1.165) is 6.08 Å². The summed E-state index contributed by atoms with van der Waals surface area (Å²) in [6, 6.07) is 2.91. The number of allylic oxidation sites excluding steroid dienone is 4. The van der Waals surface area contributed by atoms with E-state index in [2.05, 4.69) is 12.6 Å². The van der Waals surface area contributed by atoms with Crippen molar-refractivity contribution < 1.29 is 37.4 Å². The molecular weight excluding hydrogens is 478 g/mol. The molecule has 6 nitrogen and oxygen atoms in total. The number of alkyl halides is 2. The maximum absolute atomic E-state index is 17.3. The molecule has 188 valence electrons. The molecule has 9 heteroatoms. The number of carbonyl (C=O) groups excluding carboxylic acids is 3. The largest absolute Gasteiger partial charge is 0.457 e. The van der Waals surface area contributed by atoms with Crippen molar-refractivity contribution in [2.75, 3.05) is 0 Å². The molecule has 0 amide bonds. The molecular formula is C26H28F2O6S. The molecule has 1 aromatic heterocycles. The van der Waals surface area contributed by atoms with E-state index in [9.17, 15) is 19.5 Å². The van der Waals surface area contributed by atoms with Crippen LogP contribution in [0.4, 0.5) is 8.78 Å². The first kappa shape index (κ1) is 24.4. The standard InChI is InChI=1S/C26H28F2O6S/c1-13-9-15-16-11-18(27)17-10-14(29)6-7-23(17,2)25(16,28)20(30)12-24(15,3)26(13,22(32)35)34-21(31)19-5-4-8-33-19/h4-8,10,13,15-16,18,20,30H,9,11-12H2,1-3H3,(H,32,35)/t13-,15?,16?,18+,20?,23+,24?,25+,26+/m1/s1. The summed E-state index contributed by atoms with van der Waals surface area (Å²) in [5, 5.41) is 10.7. The average Bonchev–Trinajstić information content (AvgIpc) is 3.39. The molecule has 1 N–H and O–H groups in total. The third-order valence-corrected chi connectivity index (χ3v) is 9.79. The predicted octanol–water partition coefficient (Wildman–Crippen LogP) is 4.20. The van der Waals surface area contributed by atoms with Crippen LogP contribution in [0.2, 0.25) is 0 Å². The van der Waals surface area contributed by atoms with E-state index in [1.54, 1.807) is 13.8 Å². The third-order valence-electron chi connectivity index (χ3n) is 9.46. The fraction of sp³-hybridized carbons (Fsp3) is 0.577. The van der Waals surface area contributed by atoms with E-state index >= 15 is 8.78 Å². The number of fused-ring (bicyclic) bond motifs is 5. The first-order valence-electron chi connectivity index (χ1n) is 11.8. The average molecular weight is 507 g/mol. The van der Waals surface area contributed by atoms with Crippen molar-refractivity contribution in [3.05, 3.63) is 48.0 Å². The summed E-state index contributed by atoms with van der Waals surface area (Å²) in [5.41, 5.74) is -6.80.